The van der Waals surface area contributed by atoms with E-state index in [0.29, 0.717) is 29.6 Å². The van der Waals surface area contributed by atoms with E-state index in [0.717, 1.165) is 12.0 Å². The van der Waals surface area contributed by atoms with Gasteiger partial charge in [0.25, 0.3) is 5.56 Å². The Morgan fingerprint density at radius 1 is 1.32 bits per heavy atom. The van der Waals surface area contributed by atoms with Gasteiger partial charge in [0.1, 0.15) is 23.5 Å². The summed E-state index contributed by atoms with van der Waals surface area (Å²) in [5.74, 6) is 0.153. The molecule has 144 valence electrons. The van der Waals surface area contributed by atoms with Crippen molar-refractivity contribution in [3.63, 3.8) is 0 Å². The van der Waals surface area contributed by atoms with Crippen LogP contribution in [0.1, 0.15) is 21.7 Å². The second kappa shape index (κ2) is 8.40. The molecular formula is C19H19N5O4. The second-order valence-electron chi connectivity index (χ2n) is 5.95. The highest BCUT2D eigenvalue weighted by molar-refractivity contribution is 5.91. The van der Waals surface area contributed by atoms with E-state index in [2.05, 4.69) is 15.0 Å². The molecule has 0 bridgehead atoms. The van der Waals surface area contributed by atoms with Crippen LogP contribution in [0.25, 0.3) is 11.4 Å². The van der Waals surface area contributed by atoms with Gasteiger partial charge in [-0.3, -0.25) is 9.36 Å². The van der Waals surface area contributed by atoms with E-state index in [4.69, 9.17) is 15.6 Å². The third kappa shape index (κ3) is 4.04. The molecule has 0 unspecified atom stereocenters. The Morgan fingerprint density at radius 2 is 2.14 bits per heavy atom. The van der Waals surface area contributed by atoms with E-state index in [1.807, 2.05) is 6.07 Å². The SMILES string of the molecule is Cn1c(CN)nc(-c2ccncn2)cc1=O.O=C(O)c1cccc2c1OCC2. The molecule has 1 aliphatic heterocycles. The molecule has 0 aliphatic carbocycles. The summed E-state index contributed by atoms with van der Waals surface area (Å²) in [5, 5.41) is 8.77. The molecule has 0 amide bonds. The van der Waals surface area contributed by atoms with Crippen molar-refractivity contribution in [3.8, 4) is 17.1 Å². The zero-order valence-electron chi connectivity index (χ0n) is 15.2. The Hall–Kier alpha value is -3.59. The first-order valence-corrected chi connectivity index (χ1v) is 8.52. The molecule has 3 N–H and O–H groups in total. The third-order valence-corrected chi connectivity index (χ3v) is 4.20. The number of carboxylic acid groups (broad SMARTS) is 1. The molecule has 2 aromatic heterocycles. The Morgan fingerprint density at radius 3 is 2.82 bits per heavy atom. The zero-order valence-corrected chi connectivity index (χ0v) is 15.2. The van der Waals surface area contributed by atoms with Gasteiger partial charge >= 0.3 is 5.97 Å². The fraction of sp³-hybridized carbons (Fsp3) is 0.211. The number of hydrogen-bond donors (Lipinski definition) is 2. The molecule has 3 heterocycles. The average Bonchev–Trinajstić information content (AvgIpc) is 3.20. The Labute approximate surface area is 160 Å². The van der Waals surface area contributed by atoms with Crippen molar-refractivity contribution in [2.75, 3.05) is 6.61 Å². The van der Waals surface area contributed by atoms with E-state index in [9.17, 15) is 9.59 Å². The van der Waals surface area contributed by atoms with Crippen molar-refractivity contribution in [2.24, 2.45) is 12.8 Å². The van der Waals surface area contributed by atoms with Crippen molar-refractivity contribution in [2.45, 2.75) is 13.0 Å². The van der Waals surface area contributed by atoms with Crippen LogP contribution in [0.15, 0.2) is 47.7 Å². The number of benzene rings is 1. The lowest BCUT2D eigenvalue weighted by atomic mass is 10.1. The molecule has 0 saturated carbocycles. The number of para-hydroxylation sites is 1. The predicted molar refractivity (Wildman–Crippen MR) is 101 cm³/mol. The van der Waals surface area contributed by atoms with Gasteiger partial charge in [-0.15, -0.1) is 0 Å². The molecule has 0 spiro atoms. The van der Waals surface area contributed by atoms with Gasteiger partial charge in [0.05, 0.1) is 24.5 Å². The van der Waals surface area contributed by atoms with Gasteiger partial charge in [0.2, 0.25) is 0 Å². The van der Waals surface area contributed by atoms with Gasteiger partial charge in [0, 0.05) is 25.7 Å². The lowest BCUT2D eigenvalue weighted by molar-refractivity contribution is 0.0693. The van der Waals surface area contributed by atoms with Gasteiger partial charge in [-0.1, -0.05) is 12.1 Å². The van der Waals surface area contributed by atoms with Crippen molar-refractivity contribution in [1.29, 1.82) is 0 Å². The maximum absolute atomic E-state index is 11.6. The van der Waals surface area contributed by atoms with Crippen LogP contribution in [0.4, 0.5) is 0 Å². The number of hydrogen-bond acceptors (Lipinski definition) is 7. The number of carboxylic acids is 1. The van der Waals surface area contributed by atoms with Crippen molar-refractivity contribution in [3.05, 3.63) is 70.2 Å². The topological polar surface area (TPSA) is 133 Å². The van der Waals surface area contributed by atoms with Crippen LogP contribution < -0.4 is 16.0 Å². The molecule has 28 heavy (non-hydrogen) atoms. The van der Waals surface area contributed by atoms with E-state index in [1.54, 1.807) is 31.4 Å². The Balaban J connectivity index is 0.000000167. The quantitative estimate of drug-likeness (QED) is 0.687. The summed E-state index contributed by atoms with van der Waals surface area (Å²) in [7, 11) is 1.64. The highest BCUT2D eigenvalue weighted by Gasteiger charge is 2.19. The molecule has 0 radical (unpaired) electrons. The first kappa shape index (κ1) is 19.2. The average molecular weight is 381 g/mol. The number of nitrogens with two attached hydrogens (primary N) is 1. The smallest absolute Gasteiger partial charge is 0.339 e. The fourth-order valence-electron chi connectivity index (χ4n) is 2.73. The molecule has 9 heteroatoms. The van der Waals surface area contributed by atoms with Crippen molar-refractivity contribution in [1.82, 2.24) is 19.5 Å². The second-order valence-corrected chi connectivity index (χ2v) is 5.95. The first-order valence-electron chi connectivity index (χ1n) is 8.52. The lowest BCUT2D eigenvalue weighted by Gasteiger charge is -2.06. The Kier molecular flexibility index (Phi) is 5.75. The predicted octanol–water partition coefficient (Wildman–Crippen LogP) is 1.02. The molecule has 3 aromatic rings. The summed E-state index contributed by atoms with van der Waals surface area (Å²) in [5.41, 5.74) is 7.76. The van der Waals surface area contributed by atoms with Crippen molar-refractivity contribution >= 4 is 5.97 Å². The lowest BCUT2D eigenvalue weighted by Crippen LogP contribution is -2.23. The monoisotopic (exact) mass is 381 g/mol. The van der Waals surface area contributed by atoms with Gasteiger partial charge in [0.15, 0.2) is 0 Å². The normalized spacial score (nSPS) is 11.8. The number of fused-ring (bicyclic) bond motifs is 1. The molecule has 9 nitrogen and oxygen atoms in total. The number of ether oxygens (including phenoxy) is 1. The highest BCUT2D eigenvalue weighted by Crippen LogP contribution is 2.29. The van der Waals surface area contributed by atoms with Crippen LogP contribution in [-0.4, -0.2) is 37.2 Å². The zero-order chi connectivity index (χ0) is 20.1. The number of aromatic carboxylic acids is 1. The van der Waals surface area contributed by atoms with Crippen LogP contribution in [-0.2, 0) is 20.0 Å². The highest BCUT2D eigenvalue weighted by atomic mass is 16.5. The standard InChI is InChI=1S/C10H11N5O.C9H8O3/c1-15-9(5-11)14-8(4-10(15)16)7-2-3-12-6-13-7;10-9(11)7-3-1-2-6-4-5-12-8(6)7/h2-4,6H,5,11H2,1H3;1-3H,4-5H2,(H,10,11). The molecule has 1 aliphatic rings. The maximum atomic E-state index is 11.6. The largest absolute Gasteiger partial charge is 0.492 e. The number of aromatic nitrogens is 4. The molecule has 0 fully saturated rings. The number of rotatable bonds is 3. The summed E-state index contributed by atoms with van der Waals surface area (Å²) in [4.78, 5) is 34.4. The van der Waals surface area contributed by atoms with Crippen LogP contribution in [0, 0.1) is 0 Å². The Bertz CT molecular complexity index is 1050. The van der Waals surface area contributed by atoms with E-state index in [1.165, 1.54) is 17.0 Å². The molecule has 1 aromatic carbocycles. The van der Waals surface area contributed by atoms with Crippen molar-refractivity contribution < 1.29 is 14.6 Å². The van der Waals surface area contributed by atoms with Gasteiger partial charge in [-0.25, -0.2) is 19.7 Å². The molecule has 0 saturated heterocycles. The minimum Gasteiger partial charge on any atom is -0.492 e. The van der Waals surface area contributed by atoms with Crippen LogP contribution in [0.5, 0.6) is 5.75 Å². The summed E-state index contributed by atoms with van der Waals surface area (Å²) in [6, 6.07) is 8.34. The summed E-state index contributed by atoms with van der Waals surface area (Å²) in [6.07, 6.45) is 3.83. The minimum absolute atomic E-state index is 0.149. The molecular weight excluding hydrogens is 362 g/mol. The van der Waals surface area contributed by atoms with Crippen LogP contribution in [0.3, 0.4) is 0 Å². The fourth-order valence-corrected chi connectivity index (χ4v) is 2.73. The number of nitrogens with zero attached hydrogens (tertiary/aromatic N) is 4. The summed E-state index contributed by atoms with van der Waals surface area (Å²) >= 11 is 0. The molecule has 4 rings (SSSR count). The van der Waals surface area contributed by atoms with E-state index < -0.39 is 5.97 Å². The summed E-state index contributed by atoms with van der Waals surface area (Å²) < 4.78 is 6.63. The van der Waals surface area contributed by atoms with E-state index >= 15 is 0 Å². The van der Waals surface area contributed by atoms with Crippen LogP contribution >= 0.6 is 0 Å². The first-order chi connectivity index (χ1) is 13.5. The third-order valence-electron chi connectivity index (χ3n) is 4.20. The number of carbonyl (C=O) groups is 1. The van der Waals surface area contributed by atoms with Gasteiger partial charge < -0.3 is 15.6 Å². The van der Waals surface area contributed by atoms with Gasteiger partial charge in [-0.05, 0) is 17.7 Å². The maximum Gasteiger partial charge on any atom is 0.339 e. The summed E-state index contributed by atoms with van der Waals surface area (Å²) in [6.45, 7) is 0.810. The minimum atomic E-state index is -0.922. The van der Waals surface area contributed by atoms with E-state index in [-0.39, 0.29) is 17.7 Å². The van der Waals surface area contributed by atoms with Crippen LogP contribution in [0.2, 0.25) is 0 Å². The molecule has 0 atom stereocenters. The van der Waals surface area contributed by atoms with Gasteiger partial charge in [-0.2, -0.15) is 0 Å².